The summed E-state index contributed by atoms with van der Waals surface area (Å²) in [5, 5.41) is 0. The first kappa shape index (κ1) is 8.97. The Morgan fingerprint density at radius 3 is 2.64 bits per heavy atom. The van der Waals surface area contributed by atoms with E-state index in [4.69, 9.17) is 14.5 Å². The maximum atomic E-state index is 5.21. The minimum absolute atomic E-state index is 0.628. The molecule has 0 aromatic rings. The first-order chi connectivity index (χ1) is 5.43. The lowest BCUT2D eigenvalue weighted by Gasteiger charge is -2.20. The molecule has 0 aromatic carbocycles. The maximum Gasteiger partial charge on any atom is 0.0852 e. The second kappa shape index (κ2) is 5.52. The number of ether oxygens (including phenoxy) is 1. The summed E-state index contributed by atoms with van der Waals surface area (Å²) in [7, 11) is 0. The van der Waals surface area contributed by atoms with Crippen LogP contribution in [0.5, 0.6) is 0 Å². The van der Waals surface area contributed by atoms with Crippen LogP contribution in [0.3, 0.4) is 0 Å². The zero-order valence-electron chi connectivity index (χ0n) is 7.04. The molecule has 0 unspecified atom stereocenters. The van der Waals surface area contributed by atoms with Crippen LogP contribution in [0.1, 0.15) is 19.8 Å². The third-order valence-electron chi connectivity index (χ3n) is 1.85. The first-order valence-electron chi connectivity index (χ1n) is 4.25. The molecule has 1 aliphatic rings. The highest BCUT2D eigenvalue weighted by molar-refractivity contribution is 4.61. The minimum atomic E-state index is 0.628. The van der Waals surface area contributed by atoms with Crippen LogP contribution < -0.4 is 0 Å². The van der Waals surface area contributed by atoms with Gasteiger partial charge in [-0.3, -0.25) is 0 Å². The van der Waals surface area contributed by atoms with Crippen molar-refractivity contribution in [3.63, 3.8) is 0 Å². The summed E-state index contributed by atoms with van der Waals surface area (Å²) in [6.07, 6.45) is 2.21. The average molecular weight is 160 g/mol. The summed E-state index contributed by atoms with van der Waals surface area (Å²) in [6, 6.07) is 0. The van der Waals surface area contributed by atoms with Gasteiger partial charge in [0, 0.05) is 13.2 Å². The van der Waals surface area contributed by atoms with Gasteiger partial charge in [0.15, 0.2) is 0 Å². The standard InChI is InChI=1S/C8H16O3/c1-2-10-11-7-8-3-5-9-6-4-8/h8H,2-7H2,1H3. The van der Waals surface area contributed by atoms with Crippen LogP contribution in [0, 0.1) is 5.92 Å². The Balaban J connectivity index is 1.96. The molecule has 1 heterocycles. The monoisotopic (exact) mass is 160 g/mol. The van der Waals surface area contributed by atoms with Crippen LogP contribution in [-0.2, 0) is 14.5 Å². The number of hydrogen-bond donors (Lipinski definition) is 0. The van der Waals surface area contributed by atoms with Gasteiger partial charge in [0.2, 0.25) is 0 Å². The van der Waals surface area contributed by atoms with Gasteiger partial charge in [-0.2, -0.15) is 0 Å². The molecule has 0 amide bonds. The molecular weight excluding hydrogens is 144 g/mol. The predicted molar refractivity (Wildman–Crippen MR) is 41.1 cm³/mol. The van der Waals surface area contributed by atoms with Gasteiger partial charge in [-0.15, -0.1) is 0 Å². The van der Waals surface area contributed by atoms with Crippen LogP contribution in [0.25, 0.3) is 0 Å². The molecule has 0 aliphatic carbocycles. The van der Waals surface area contributed by atoms with E-state index in [1.165, 1.54) is 0 Å². The van der Waals surface area contributed by atoms with E-state index in [0.717, 1.165) is 32.7 Å². The van der Waals surface area contributed by atoms with E-state index < -0.39 is 0 Å². The lowest BCUT2D eigenvalue weighted by Crippen LogP contribution is -2.20. The number of hydrogen-bond acceptors (Lipinski definition) is 3. The molecular formula is C8H16O3. The molecule has 1 fully saturated rings. The first-order valence-corrected chi connectivity index (χ1v) is 4.25. The predicted octanol–water partition coefficient (Wildman–Crippen LogP) is 1.38. The topological polar surface area (TPSA) is 27.7 Å². The molecule has 11 heavy (non-hydrogen) atoms. The molecule has 0 spiro atoms. The van der Waals surface area contributed by atoms with Gasteiger partial charge in [0.05, 0.1) is 13.2 Å². The largest absolute Gasteiger partial charge is 0.381 e. The van der Waals surface area contributed by atoms with Crippen molar-refractivity contribution in [2.45, 2.75) is 19.8 Å². The molecule has 0 saturated carbocycles. The van der Waals surface area contributed by atoms with E-state index >= 15 is 0 Å². The zero-order chi connectivity index (χ0) is 7.94. The summed E-state index contributed by atoms with van der Waals surface area (Å²) in [5.74, 6) is 0.635. The SMILES string of the molecule is CCOOCC1CCOCC1. The highest BCUT2D eigenvalue weighted by Crippen LogP contribution is 2.14. The lowest BCUT2D eigenvalue weighted by molar-refractivity contribution is -0.300. The molecule has 1 aliphatic heterocycles. The smallest absolute Gasteiger partial charge is 0.0852 e. The number of rotatable bonds is 4. The van der Waals surface area contributed by atoms with Gasteiger partial charge < -0.3 is 4.74 Å². The van der Waals surface area contributed by atoms with Gasteiger partial charge in [-0.1, -0.05) is 0 Å². The molecule has 3 heteroatoms. The molecule has 0 aromatic heterocycles. The maximum absolute atomic E-state index is 5.21. The lowest BCUT2D eigenvalue weighted by atomic mass is 10.0. The van der Waals surface area contributed by atoms with Gasteiger partial charge in [0.25, 0.3) is 0 Å². The fourth-order valence-corrected chi connectivity index (χ4v) is 1.14. The van der Waals surface area contributed by atoms with E-state index in [0.29, 0.717) is 12.5 Å². The third-order valence-corrected chi connectivity index (χ3v) is 1.85. The van der Waals surface area contributed by atoms with Crippen molar-refractivity contribution in [1.82, 2.24) is 0 Å². The Kier molecular flexibility index (Phi) is 4.50. The fraction of sp³-hybridized carbons (Fsp3) is 1.00. The molecule has 0 bridgehead atoms. The third kappa shape index (κ3) is 3.70. The highest BCUT2D eigenvalue weighted by Gasteiger charge is 2.13. The Labute approximate surface area is 67.6 Å². The Bertz CT molecular complexity index is 89.3. The van der Waals surface area contributed by atoms with Crippen molar-refractivity contribution < 1.29 is 14.5 Å². The van der Waals surface area contributed by atoms with Crippen molar-refractivity contribution in [2.75, 3.05) is 26.4 Å². The molecule has 0 atom stereocenters. The summed E-state index contributed by atoms with van der Waals surface area (Å²) in [4.78, 5) is 9.76. The summed E-state index contributed by atoms with van der Waals surface area (Å²) < 4.78 is 5.21. The van der Waals surface area contributed by atoms with Crippen LogP contribution in [0.15, 0.2) is 0 Å². The van der Waals surface area contributed by atoms with Crippen molar-refractivity contribution in [1.29, 1.82) is 0 Å². The van der Waals surface area contributed by atoms with E-state index in [1.54, 1.807) is 0 Å². The van der Waals surface area contributed by atoms with Gasteiger partial charge in [0.1, 0.15) is 0 Å². The molecule has 3 nitrogen and oxygen atoms in total. The Morgan fingerprint density at radius 1 is 1.27 bits per heavy atom. The molecule has 1 saturated heterocycles. The Morgan fingerprint density at radius 2 is 2.00 bits per heavy atom. The molecule has 0 N–H and O–H groups in total. The fourth-order valence-electron chi connectivity index (χ4n) is 1.14. The summed E-state index contributed by atoms with van der Waals surface area (Å²) in [6.45, 7) is 5.02. The van der Waals surface area contributed by atoms with Crippen LogP contribution in [-0.4, -0.2) is 26.4 Å². The zero-order valence-corrected chi connectivity index (χ0v) is 7.04. The second-order valence-electron chi connectivity index (χ2n) is 2.75. The van der Waals surface area contributed by atoms with E-state index in [-0.39, 0.29) is 0 Å². The van der Waals surface area contributed by atoms with Crippen molar-refractivity contribution in [3.05, 3.63) is 0 Å². The average Bonchev–Trinajstić information content (AvgIpc) is 2.07. The quantitative estimate of drug-likeness (QED) is 0.353. The molecule has 66 valence electrons. The van der Waals surface area contributed by atoms with E-state index in [1.807, 2.05) is 6.92 Å². The molecule has 0 radical (unpaired) electrons. The van der Waals surface area contributed by atoms with Crippen LogP contribution in [0.4, 0.5) is 0 Å². The Hall–Kier alpha value is -0.120. The second-order valence-corrected chi connectivity index (χ2v) is 2.75. The van der Waals surface area contributed by atoms with Crippen molar-refractivity contribution in [3.8, 4) is 0 Å². The minimum Gasteiger partial charge on any atom is -0.381 e. The van der Waals surface area contributed by atoms with Crippen molar-refractivity contribution >= 4 is 0 Å². The van der Waals surface area contributed by atoms with Crippen LogP contribution in [0.2, 0.25) is 0 Å². The highest BCUT2D eigenvalue weighted by atomic mass is 17.2. The summed E-state index contributed by atoms with van der Waals surface area (Å²) >= 11 is 0. The van der Waals surface area contributed by atoms with Crippen molar-refractivity contribution in [2.24, 2.45) is 5.92 Å². The van der Waals surface area contributed by atoms with Gasteiger partial charge in [-0.05, 0) is 25.7 Å². The van der Waals surface area contributed by atoms with Gasteiger partial charge in [-0.25, -0.2) is 9.78 Å². The van der Waals surface area contributed by atoms with Crippen LogP contribution >= 0.6 is 0 Å². The van der Waals surface area contributed by atoms with E-state index in [2.05, 4.69) is 0 Å². The molecule has 1 rings (SSSR count). The normalized spacial score (nSPS) is 20.5. The van der Waals surface area contributed by atoms with E-state index in [9.17, 15) is 0 Å². The van der Waals surface area contributed by atoms with Gasteiger partial charge >= 0.3 is 0 Å². The summed E-state index contributed by atoms with van der Waals surface area (Å²) in [5.41, 5.74) is 0.